The van der Waals surface area contributed by atoms with Crippen LogP contribution < -0.4 is 0 Å². The van der Waals surface area contributed by atoms with Crippen molar-refractivity contribution in [1.29, 1.82) is 0 Å². The normalized spacial score (nSPS) is 22.5. The van der Waals surface area contributed by atoms with Gasteiger partial charge in [-0.25, -0.2) is 0 Å². The Morgan fingerprint density at radius 2 is 1.57 bits per heavy atom. The summed E-state index contributed by atoms with van der Waals surface area (Å²) in [5.41, 5.74) is 0. The van der Waals surface area contributed by atoms with Crippen molar-refractivity contribution in [2.75, 3.05) is 33.3 Å². The van der Waals surface area contributed by atoms with Crippen LogP contribution in [0.15, 0.2) is 0 Å². The molecule has 23 heavy (non-hydrogen) atoms. The molecule has 0 spiro atoms. The van der Waals surface area contributed by atoms with Crippen molar-refractivity contribution in [3.63, 3.8) is 0 Å². The van der Waals surface area contributed by atoms with Crippen molar-refractivity contribution in [1.82, 2.24) is 0 Å². The molecule has 0 aliphatic carbocycles. The summed E-state index contributed by atoms with van der Waals surface area (Å²) in [6.07, 6.45) is 0.698. The van der Waals surface area contributed by atoms with Crippen LogP contribution in [0.2, 0.25) is 0 Å². The van der Waals surface area contributed by atoms with Gasteiger partial charge in [-0.15, -0.1) is 0 Å². The molecular weight excluding hydrogens is 949 g/mol. The van der Waals surface area contributed by atoms with Crippen molar-refractivity contribution in [3.05, 3.63) is 6.42 Å². The van der Waals surface area contributed by atoms with Crippen molar-refractivity contribution in [2.24, 2.45) is 0 Å². The van der Waals surface area contributed by atoms with Crippen LogP contribution in [0.25, 0.3) is 0 Å². The fraction of sp³-hybridized carbons (Fsp3) is 0.900. The maximum Gasteiger partial charge on any atom is 0.188 e. The number of hydrogen-bond acceptors (Lipinski definition) is 6. The van der Waals surface area contributed by atoms with Crippen molar-refractivity contribution in [3.8, 4) is 0 Å². The molecule has 1 fully saturated rings. The Bertz CT molecular complexity index is 301. The second kappa shape index (κ2) is 27.8. The van der Waals surface area contributed by atoms with Crippen LogP contribution in [0.4, 0.5) is 0 Å². The molecule has 4 atom stereocenters. The average molecular weight is 974 g/mol. The molecule has 0 aromatic rings. The van der Waals surface area contributed by atoms with Gasteiger partial charge in [0.1, 0.15) is 0 Å². The standard InChI is InChI=1S/C7H14O4P.C2H7OP.CH3OP.3W.Y/c1-5-3-6(8)7(11-5)4-10-12(2)9;1-4(2)3;1-3-2;;;;/h3,5-8,12H,4H2,1-2H3;4H,1-2H3;1H3;;;;/q-1;;;;;;. The van der Waals surface area contributed by atoms with Crippen LogP contribution in [0, 0.1) is 6.42 Å². The fourth-order valence-corrected chi connectivity index (χ4v) is 1.54. The Hall–Kier alpha value is 3.61. The van der Waals surface area contributed by atoms with E-state index in [-0.39, 0.29) is 123 Å². The second-order valence-electron chi connectivity index (χ2n) is 3.96. The first kappa shape index (κ1) is 41.1. The number of rotatable bonds is 3. The first-order chi connectivity index (χ1) is 8.74. The first-order valence-electron chi connectivity index (χ1n) is 5.75. The third-order valence-electron chi connectivity index (χ3n) is 1.69. The molecule has 1 aliphatic heterocycles. The predicted octanol–water partition coefficient (Wildman–Crippen LogP) is 2.16. The summed E-state index contributed by atoms with van der Waals surface area (Å²) in [7, 11) is -2.88. The van der Waals surface area contributed by atoms with Gasteiger partial charge in [0.05, 0.1) is 20.5 Å². The molecule has 1 heterocycles. The van der Waals surface area contributed by atoms with Crippen LogP contribution in [0.3, 0.4) is 0 Å². The Labute approximate surface area is 210 Å². The van der Waals surface area contributed by atoms with Gasteiger partial charge in [-0.3, -0.25) is 15.6 Å². The molecule has 0 bridgehead atoms. The van der Waals surface area contributed by atoms with Crippen molar-refractivity contribution < 1.29 is 124 Å². The number of ether oxygens (including phenoxy) is 1. The van der Waals surface area contributed by atoms with Gasteiger partial charge in [0.25, 0.3) is 0 Å². The molecule has 4 unspecified atom stereocenters. The molecular formula is C10H24O6P3W3Y-. The van der Waals surface area contributed by atoms with E-state index in [0.29, 0.717) is 0 Å². The van der Waals surface area contributed by atoms with Crippen molar-refractivity contribution >= 4 is 24.3 Å². The zero-order valence-electron chi connectivity index (χ0n) is 13.8. The molecule has 0 saturated carbocycles. The molecule has 6 nitrogen and oxygen atoms in total. The van der Waals surface area contributed by atoms with E-state index in [1.165, 1.54) is 6.66 Å². The summed E-state index contributed by atoms with van der Waals surface area (Å²) in [5, 5.41) is 9.32. The predicted molar refractivity (Wildman–Crippen MR) is 79.9 cm³/mol. The maximum absolute atomic E-state index is 10.6. The molecule has 1 N–H and O–H groups in total. The van der Waals surface area contributed by atoms with E-state index >= 15 is 0 Å². The Morgan fingerprint density at radius 1 is 1.22 bits per heavy atom. The maximum atomic E-state index is 10.6. The molecule has 0 aromatic heterocycles. The van der Waals surface area contributed by atoms with Gasteiger partial charge in [-0.2, -0.15) is 0 Å². The first-order valence-corrected chi connectivity index (χ1v) is 11.2. The average Bonchev–Trinajstić information content (AvgIpc) is 2.54. The van der Waals surface area contributed by atoms with Crippen LogP contribution in [-0.2, 0) is 119 Å². The van der Waals surface area contributed by atoms with Crippen LogP contribution in [0.1, 0.15) is 6.92 Å². The van der Waals surface area contributed by atoms with Crippen LogP contribution >= 0.6 is 24.3 Å². The number of aliphatic hydroxyl groups is 1. The second-order valence-corrected chi connectivity index (χ2v) is 7.41. The van der Waals surface area contributed by atoms with Crippen molar-refractivity contribution in [2.45, 2.75) is 25.2 Å². The van der Waals surface area contributed by atoms with Gasteiger partial charge >= 0.3 is 0 Å². The Balaban J connectivity index is -0.0000000573. The zero-order chi connectivity index (χ0) is 15.4. The van der Waals surface area contributed by atoms with Gasteiger partial charge in [-0.1, -0.05) is 13.0 Å². The molecule has 1 saturated heterocycles. The summed E-state index contributed by atoms with van der Waals surface area (Å²) in [6.45, 7) is 8.53. The molecule has 137 valence electrons. The summed E-state index contributed by atoms with van der Waals surface area (Å²) in [4.78, 5) is 0. The zero-order valence-corrected chi connectivity index (χ0v) is 28.3. The number of hydrogen-bond donors (Lipinski definition) is 1. The summed E-state index contributed by atoms with van der Waals surface area (Å²) < 4.78 is 39.3. The molecule has 1 rings (SSSR count). The minimum Gasteiger partial charge on any atom is -0.422 e. The summed E-state index contributed by atoms with van der Waals surface area (Å²) in [5.74, 6) is 0. The van der Waals surface area contributed by atoms with Gasteiger partial charge in [0.15, 0.2) is 16.5 Å². The third kappa shape index (κ3) is 33.6. The van der Waals surface area contributed by atoms with Gasteiger partial charge < -0.3 is 18.9 Å². The Morgan fingerprint density at radius 3 is 1.78 bits per heavy atom. The van der Waals surface area contributed by atoms with E-state index in [1.807, 2.05) is 6.92 Å². The molecule has 0 amide bonds. The largest absolute Gasteiger partial charge is 0.422 e. The summed E-state index contributed by atoms with van der Waals surface area (Å²) in [6, 6.07) is 0. The van der Waals surface area contributed by atoms with E-state index < -0.39 is 21.9 Å². The van der Waals surface area contributed by atoms with Gasteiger partial charge in [0, 0.05) is 109 Å². The third-order valence-corrected chi connectivity index (χ3v) is 2.26. The smallest absolute Gasteiger partial charge is 0.188 e. The minimum atomic E-state index is -1.92. The van der Waals surface area contributed by atoms with E-state index in [0.717, 1.165) is 0 Å². The molecule has 1 aliphatic rings. The van der Waals surface area contributed by atoms with Gasteiger partial charge in [0.2, 0.25) is 0 Å². The molecule has 13 heteroatoms. The fourth-order valence-electron chi connectivity index (χ4n) is 1.14. The number of aliphatic hydroxyl groups excluding tert-OH is 1. The monoisotopic (exact) mass is 974 g/mol. The summed E-state index contributed by atoms with van der Waals surface area (Å²) >= 11 is 0. The Kier molecular flexibility index (Phi) is 49.7. The van der Waals surface area contributed by atoms with E-state index in [2.05, 4.69) is 0 Å². The van der Waals surface area contributed by atoms with E-state index in [4.69, 9.17) is 13.8 Å². The van der Waals surface area contributed by atoms with Gasteiger partial charge in [-0.05, 0) is 19.4 Å². The van der Waals surface area contributed by atoms with E-state index in [1.54, 1.807) is 26.4 Å². The van der Waals surface area contributed by atoms with E-state index in [9.17, 15) is 14.2 Å². The molecule has 0 aromatic carbocycles. The SMILES string of the molecule is CC1[CH-]C(O)C(CO[PH](C)=O)O1.CP=O.C[PH](C)=O.[W].[W].[W].[Y]. The van der Waals surface area contributed by atoms with Crippen LogP contribution in [0.5, 0.6) is 0 Å². The quantitative estimate of drug-likeness (QED) is 0.345. The minimum absolute atomic E-state index is 0. The topological polar surface area (TPSA) is 89.9 Å². The van der Waals surface area contributed by atoms with Crippen LogP contribution in [-0.4, -0.2) is 56.7 Å². The molecule has 1 radical (unpaired) electrons.